The zero-order chi connectivity index (χ0) is 12.1. The monoisotopic (exact) mass is 260 g/mol. The summed E-state index contributed by atoms with van der Waals surface area (Å²) < 4.78 is 0. The summed E-state index contributed by atoms with van der Waals surface area (Å²) in [7, 11) is 0. The maximum Gasteiger partial charge on any atom is 0.273 e. The van der Waals surface area contributed by atoms with Crippen LogP contribution in [0.25, 0.3) is 0 Å². The van der Waals surface area contributed by atoms with E-state index in [1.807, 2.05) is 6.92 Å². The molecule has 0 aliphatic heterocycles. The lowest BCUT2D eigenvalue weighted by atomic mass is 10.2. The number of nitrogens with two attached hydrogens (primary N) is 1. The molecule has 0 radical (unpaired) electrons. The third kappa shape index (κ3) is 3.66. The van der Waals surface area contributed by atoms with Crippen LogP contribution in [-0.2, 0) is 5.75 Å². The second kappa shape index (κ2) is 6.08. The molecular weight excluding hydrogens is 248 g/mol. The van der Waals surface area contributed by atoms with E-state index in [0.717, 1.165) is 0 Å². The standard InChI is InChI=1S/C10H13ClN2O2S/c1-7(5-12)16-6-8-4-9(11)2-3-10(8)13(14)15/h2-4,7H,5-6,12H2,1H3. The van der Waals surface area contributed by atoms with E-state index in [0.29, 0.717) is 22.9 Å². The highest BCUT2D eigenvalue weighted by molar-refractivity contribution is 7.99. The van der Waals surface area contributed by atoms with E-state index in [1.54, 1.807) is 17.8 Å². The number of hydrogen-bond acceptors (Lipinski definition) is 4. The molecule has 1 aromatic carbocycles. The highest BCUT2D eigenvalue weighted by Gasteiger charge is 2.14. The molecule has 0 heterocycles. The van der Waals surface area contributed by atoms with E-state index < -0.39 is 0 Å². The Kier molecular flexibility index (Phi) is 5.05. The third-order valence-corrected chi connectivity index (χ3v) is 3.57. The Labute approximate surface area is 103 Å². The van der Waals surface area contributed by atoms with Crippen molar-refractivity contribution in [2.24, 2.45) is 5.73 Å². The minimum absolute atomic E-state index is 0.112. The highest BCUT2D eigenvalue weighted by atomic mass is 35.5. The van der Waals surface area contributed by atoms with Gasteiger partial charge in [0.05, 0.1) is 4.92 Å². The molecule has 0 saturated heterocycles. The van der Waals surface area contributed by atoms with Crippen molar-refractivity contribution in [1.29, 1.82) is 0 Å². The zero-order valence-corrected chi connectivity index (χ0v) is 10.4. The molecule has 6 heteroatoms. The Hall–Kier alpha value is -0.780. The van der Waals surface area contributed by atoms with Crippen LogP contribution in [0.3, 0.4) is 0 Å². The summed E-state index contributed by atoms with van der Waals surface area (Å²) in [6.07, 6.45) is 0. The summed E-state index contributed by atoms with van der Waals surface area (Å²) in [5, 5.41) is 11.6. The Morgan fingerprint density at radius 2 is 2.31 bits per heavy atom. The average Bonchev–Trinajstić information content (AvgIpc) is 2.25. The van der Waals surface area contributed by atoms with Crippen LogP contribution in [0.1, 0.15) is 12.5 Å². The van der Waals surface area contributed by atoms with Gasteiger partial charge >= 0.3 is 0 Å². The predicted octanol–water partition coefficient (Wildman–Crippen LogP) is 2.83. The van der Waals surface area contributed by atoms with Gasteiger partial charge in [0.25, 0.3) is 5.69 Å². The van der Waals surface area contributed by atoms with Crippen molar-refractivity contribution in [2.75, 3.05) is 6.54 Å². The van der Waals surface area contributed by atoms with Crippen LogP contribution < -0.4 is 5.73 Å². The second-order valence-electron chi connectivity index (χ2n) is 3.39. The van der Waals surface area contributed by atoms with Crippen LogP contribution in [0, 0.1) is 10.1 Å². The summed E-state index contributed by atoms with van der Waals surface area (Å²) in [5.74, 6) is 0.551. The fraction of sp³-hybridized carbons (Fsp3) is 0.400. The van der Waals surface area contributed by atoms with Gasteiger partial charge in [-0.1, -0.05) is 18.5 Å². The fourth-order valence-electron chi connectivity index (χ4n) is 1.15. The van der Waals surface area contributed by atoms with Crippen LogP contribution in [0.5, 0.6) is 0 Å². The largest absolute Gasteiger partial charge is 0.329 e. The third-order valence-electron chi connectivity index (χ3n) is 2.09. The molecule has 88 valence electrons. The van der Waals surface area contributed by atoms with Crippen LogP contribution in [0.15, 0.2) is 18.2 Å². The van der Waals surface area contributed by atoms with Gasteiger partial charge in [-0.05, 0) is 12.1 Å². The van der Waals surface area contributed by atoms with Gasteiger partial charge in [-0.25, -0.2) is 0 Å². The van der Waals surface area contributed by atoms with E-state index >= 15 is 0 Å². The molecule has 0 aromatic heterocycles. The molecule has 0 aliphatic rings. The number of halogens is 1. The van der Waals surface area contributed by atoms with Crippen molar-refractivity contribution in [3.63, 3.8) is 0 Å². The zero-order valence-electron chi connectivity index (χ0n) is 8.85. The van der Waals surface area contributed by atoms with E-state index in [1.165, 1.54) is 12.1 Å². The molecule has 0 spiro atoms. The topological polar surface area (TPSA) is 69.2 Å². The van der Waals surface area contributed by atoms with E-state index in [9.17, 15) is 10.1 Å². The summed E-state index contributed by atoms with van der Waals surface area (Å²) in [6, 6.07) is 4.60. The van der Waals surface area contributed by atoms with Crippen molar-refractivity contribution in [3.05, 3.63) is 38.9 Å². The highest BCUT2D eigenvalue weighted by Crippen LogP contribution is 2.27. The van der Waals surface area contributed by atoms with Gasteiger partial charge in [0, 0.05) is 34.2 Å². The van der Waals surface area contributed by atoms with Crippen LogP contribution >= 0.6 is 23.4 Å². The average molecular weight is 261 g/mol. The maximum absolute atomic E-state index is 10.8. The molecule has 1 rings (SSSR count). The summed E-state index contributed by atoms with van der Waals surface area (Å²) in [5.41, 5.74) is 6.24. The number of nitro groups is 1. The summed E-state index contributed by atoms with van der Waals surface area (Å²) in [4.78, 5) is 10.4. The lowest BCUT2D eigenvalue weighted by molar-refractivity contribution is -0.385. The molecule has 0 aliphatic carbocycles. The van der Waals surface area contributed by atoms with Gasteiger partial charge in [0.15, 0.2) is 0 Å². The Morgan fingerprint density at radius 1 is 1.62 bits per heavy atom. The van der Waals surface area contributed by atoms with Gasteiger partial charge in [0.2, 0.25) is 0 Å². The molecule has 0 fully saturated rings. The Morgan fingerprint density at radius 3 is 2.88 bits per heavy atom. The maximum atomic E-state index is 10.8. The minimum Gasteiger partial charge on any atom is -0.329 e. The smallest absolute Gasteiger partial charge is 0.273 e. The van der Waals surface area contributed by atoms with E-state index in [-0.39, 0.29) is 15.9 Å². The molecule has 4 nitrogen and oxygen atoms in total. The molecule has 0 bridgehead atoms. The lowest BCUT2D eigenvalue weighted by Gasteiger charge is -2.08. The van der Waals surface area contributed by atoms with Crippen molar-refractivity contribution < 1.29 is 4.92 Å². The van der Waals surface area contributed by atoms with Gasteiger partial charge in [-0.3, -0.25) is 10.1 Å². The fourth-order valence-corrected chi connectivity index (χ4v) is 2.17. The number of hydrogen-bond donors (Lipinski definition) is 1. The second-order valence-corrected chi connectivity index (χ2v) is 5.25. The molecule has 2 N–H and O–H groups in total. The first kappa shape index (κ1) is 13.3. The molecule has 1 aromatic rings. The van der Waals surface area contributed by atoms with Crippen LogP contribution in [0.4, 0.5) is 5.69 Å². The van der Waals surface area contributed by atoms with E-state index in [4.69, 9.17) is 17.3 Å². The van der Waals surface area contributed by atoms with Crippen LogP contribution in [-0.4, -0.2) is 16.7 Å². The number of benzene rings is 1. The molecule has 0 saturated carbocycles. The van der Waals surface area contributed by atoms with Crippen molar-refractivity contribution in [1.82, 2.24) is 0 Å². The quantitative estimate of drug-likeness (QED) is 0.653. The number of nitro benzene ring substituents is 1. The first-order chi connectivity index (χ1) is 7.54. The molecule has 1 unspecified atom stereocenters. The first-order valence-corrected chi connectivity index (χ1v) is 6.21. The summed E-state index contributed by atoms with van der Waals surface area (Å²) in [6.45, 7) is 2.54. The molecule has 1 atom stereocenters. The number of nitrogens with zero attached hydrogens (tertiary/aromatic N) is 1. The lowest BCUT2D eigenvalue weighted by Crippen LogP contribution is -2.12. The molecule has 16 heavy (non-hydrogen) atoms. The van der Waals surface area contributed by atoms with Gasteiger partial charge in [0.1, 0.15) is 0 Å². The van der Waals surface area contributed by atoms with Crippen molar-refractivity contribution >= 4 is 29.1 Å². The normalized spacial score (nSPS) is 12.4. The molecular formula is C10H13ClN2O2S. The Balaban J connectivity index is 2.84. The SMILES string of the molecule is CC(CN)SCc1cc(Cl)ccc1[N+](=O)[O-]. The van der Waals surface area contributed by atoms with Gasteiger partial charge in [-0.2, -0.15) is 11.8 Å². The van der Waals surface area contributed by atoms with Crippen molar-refractivity contribution in [2.45, 2.75) is 17.9 Å². The van der Waals surface area contributed by atoms with Crippen molar-refractivity contribution in [3.8, 4) is 0 Å². The predicted molar refractivity (Wildman–Crippen MR) is 67.9 cm³/mol. The molecule has 0 amide bonds. The van der Waals surface area contributed by atoms with Crippen LogP contribution in [0.2, 0.25) is 5.02 Å². The van der Waals surface area contributed by atoms with Gasteiger partial charge < -0.3 is 5.73 Å². The van der Waals surface area contributed by atoms with Gasteiger partial charge in [-0.15, -0.1) is 0 Å². The Bertz CT molecular complexity index is 387. The number of rotatable bonds is 5. The number of thioether (sulfide) groups is 1. The minimum atomic E-state index is -0.390. The summed E-state index contributed by atoms with van der Waals surface area (Å²) >= 11 is 7.40. The van der Waals surface area contributed by atoms with E-state index in [2.05, 4.69) is 0 Å². The first-order valence-electron chi connectivity index (χ1n) is 4.79.